The number of hydrogen-bond donors (Lipinski definition) is 1. The van der Waals surface area contributed by atoms with Crippen molar-refractivity contribution in [1.82, 2.24) is 5.32 Å². The van der Waals surface area contributed by atoms with Gasteiger partial charge in [0.2, 0.25) is 0 Å². The van der Waals surface area contributed by atoms with Crippen LogP contribution >= 0.6 is 11.6 Å². The molecule has 0 spiro atoms. The minimum absolute atomic E-state index is 0.300. The van der Waals surface area contributed by atoms with Crippen LogP contribution in [0.1, 0.15) is 17.3 Å². The van der Waals surface area contributed by atoms with Crippen LogP contribution in [0.15, 0.2) is 18.2 Å². The molecule has 1 amide bonds. The lowest BCUT2D eigenvalue weighted by molar-refractivity contribution is -0.117. The van der Waals surface area contributed by atoms with Gasteiger partial charge in [-0.2, -0.15) is 0 Å². The van der Waals surface area contributed by atoms with Crippen LogP contribution in [0.4, 0.5) is 0 Å². The SMILES string of the molecule is COc1ccc(Cl)cc1C(=O)NC(C)C(OC)OC. The number of rotatable bonds is 6. The molecule has 1 aromatic rings. The maximum atomic E-state index is 12.2. The van der Waals surface area contributed by atoms with Crippen LogP contribution in [-0.2, 0) is 9.47 Å². The molecule has 0 aliphatic carbocycles. The van der Waals surface area contributed by atoms with E-state index in [1.807, 2.05) is 0 Å². The van der Waals surface area contributed by atoms with Gasteiger partial charge < -0.3 is 19.5 Å². The number of carbonyl (C=O) groups is 1. The summed E-state index contributed by atoms with van der Waals surface area (Å²) < 4.78 is 15.3. The van der Waals surface area contributed by atoms with E-state index < -0.39 is 6.29 Å². The van der Waals surface area contributed by atoms with Gasteiger partial charge in [-0.15, -0.1) is 0 Å². The zero-order valence-electron chi connectivity index (χ0n) is 11.4. The van der Waals surface area contributed by atoms with Gasteiger partial charge >= 0.3 is 0 Å². The van der Waals surface area contributed by atoms with E-state index in [9.17, 15) is 4.79 Å². The highest BCUT2D eigenvalue weighted by atomic mass is 35.5. The van der Waals surface area contributed by atoms with Crippen LogP contribution in [-0.4, -0.2) is 39.6 Å². The summed E-state index contributed by atoms with van der Waals surface area (Å²) >= 11 is 5.89. The minimum atomic E-state index is -0.519. The Morgan fingerprint density at radius 2 is 1.89 bits per heavy atom. The first kappa shape index (κ1) is 15.8. The van der Waals surface area contributed by atoms with E-state index in [4.69, 9.17) is 25.8 Å². The van der Waals surface area contributed by atoms with Crippen LogP contribution in [0.2, 0.25) is 5.02 Å². The largest absolute Gasteiger partial charge is 0.496 e. The Kier molecular flexibility index (Phi) is 6.08. The van der Waals surface area contributed by atoms with Crippen molar-refractivity contribution in [1.29, 1.82) is 0 Å². The van der Waals surface area contributed by atoms with Crippen LogP contribution < -0.4 is 10.1 Å². The Morgan fingerprint density at radius 3 is 2.42 bits per heavy atom. The van der Waals surface area contributed by atoms with Gasteiger partial charge in [-0.05, 0) is 25.1 Å². The van der Waals surface area contributed by atoms with Gasteiger partial charge in [0.15, 0.2) is 6.29 Å². The minimum Gasteiger partial charge on any atom is -0.496 e. The number of ether oxygens (including phenoxy) is 3. The first-order valence-electron chi connectivity index (χ1n) is 5.73. The summed E-state index contributed by atoms with van der Waals surface area (Å²) in [7, 11) is 4.52. The van der Waals surface area contributed by atoms with Gasteiger partial charge in [0.05, 0.1) is 18.7 Å². The number of benzene rings is 1. The Morgan fingerprint density at radius 1 is 1.26 bits per heavy atom. The predicted molar refractivity (Wildman–Crippen MR) is 72.7 cm³/mol. The van der Waals surface area contributed by atoms with E-state index >= 15 is 0 Å². The average Bonchev–Trinajstić information content (AvgIpc) is 2.40. The number of carbonyl (C=O) groups excluding carboxylic acids is 1. The van der Waals surface area contributed by atoms with Gasteiger partial charge in [0.1, 0.15) is 5.75 Å². The average molecular weight is 288 g/mol. The third kappa shape index (κ3) is 4.09. The lowest BCUT2D eigenvalue weighted by Gasteiger charge is -2.22. The van der Waals surface area contributed by atoms with Gasteiger partial charge in [0, 0.05) is 19.2 Å². The Bertz CT molecular complexity index is 435. The molecule has 106 valence electrons. The van der Waals surface area contributed by atoms with Crippen molar-refractivity contribution in [2.75, 3.05) is 21.3 Å². The van der Waals surface area contributed by atoms with Crippen molar-refractivity contribution < 1.29 is 19.0 Å². The molecule has 19 heavy (non-hydrogen) atoms. The summed E-state index contributed by atoms with van der Waals surface area (Å²) in [5, 5.41) is 3.24. The zero-order chi connectivity index (χ0) is 14.4. The van der Waals surface area contributed by atoms with Crippen molar-refractivity contribution >= 4 is 17.5 Å². The second-order valence-corrected chi connectivity index (χ2v) is 4.38. The number of hydrogen-bond acceptors (Lipinski definition) is 4. The van der Waals surface area contributed by atoms with Crippen molar-refractivity contribution in [2.24, 2.45) is 0 Å². The first-order valence-corrected chi connectivity index (χ1v) is 6.11. The topological polar surface area (TPSA) is 56.8 Å². The summed E-state index contributed by atoms with van der Waals surface area (Å²) in [6, 6.07) is 4.54. The molecule has 6 heteroatoms. The molecule has 0 saturated heterocycles. The van der Waals surface area contributed by atoms with E-state index in [-0.39, 0.29) is 11.9 Å². The molecular weight excluding hydrogens is 270 g/mol. The van der Waals surface area contributed by atoms with Crippen LogP contribution in [0.5, 0.6) is 5.75 Å². The summed E-state index contributed by atoms with van der Waals surface area (Å²) in [6.45, 7) is 1.78. The summed E-state index contributed by atoms with van der Waals surface area (Å²) in [5.41, 5.74) is 0.368. The quantitative estimate of drug-likeness (QED) is 0.814. The first-order chi connectivity index (χ1) is 9.03. The van der Waals surface area contributed by atoms with Crippen LogP contribution in [0, 0.1) is 0 Å². The van der Waals surface area contributed by atoms with E-state index in [0.717, 1.165) is 0 Å². The number of nitrogens with one attached hydrogen (secondary N) is 1. The lowest BCUT2D eigenvalue weighted by Crippen LogP contribution is -2.43. The molecule has 1 atom stereocenters. The Labute approximate surface area is 117 Å². The molecule has 0 aliphatic rings. The highest BCUT2D eigenvalue weighted by Crippen LogP contribution is 2.22. The van der Waals surface area contributed by atoms with Crippen molar-refractivity contribution in [3.63, 3.8) is 0 Å². The molecule has 0 aromatic heterocycles. The van der Waals surface area contributed by atoms with E-state index in [1.165, 1.54) is 21.3 Å². The van der Waals surface area contributed by atoms with Crippen molar-refractivity contribution in [3.05, 3.63) is 28.8 Å². The van der Waals surface area contributed by atoms with Gasteiger partial charge in [-0.3, -0.25) is 4.79 Å². The highest BCUT2D eigenvalue weighted by Gasteiger charge is 2.20. The zero-order valence-corrected chi connectivity index (χ0v) is 12.2. The van der Waals surface area contributed by atoms with Crippen LogP contribution in [0.3, 0.4) is 0 Å². The summed E-state index contributed by atoms with van der Waals surface area (Å²) in [4.78, 5) is 12.2. The molecule has 0 aliphatic heterocycles. The number of methoxy groups -OCH3 is 3. The van der Waals surface area contributed by atoms with Gasteiger partial charge in [-0.1, -0.05) is 11.6 Å². The second kappa shape index (κ2) is 7.33. The highest BCUT2D eigenvalue weighted by molar-refractivity contribution is 6.31. The van der Waals surface area contributed by atoms with Crippen LogP contribution in [0.25, 0.3) is 0 Å². The fraction of sp³-hybridized carbons (Fsp3) is 0.462. The standard InChI is InChI=1S/C13H18ClNO4/c1-8(13(18-3)19-4)15-12(16)10-7-9(14)5-6-11(10)17-2/h5-8,13H,1-4H3,(H,15,16). The molecule has 1 N–H and O–H groups in total. The molecule has 0 bridgehead atoms. The van der Waals surface area contributed by atoms with E-state index in [2.05, 4.69) is 5.32 Å². The molecule has 0 radical (unpaired) electrons. The Hall–Kier alpha value is -1.30. The predicted octanol–water partition coefficient (Wildman–Crippen LogP) is 2.09. The second-order valence-electron chi connectivity index (χ2n) is 3.95. The molecule has 0 fully saturated rings. The third-order valence-electron chi connectivity index (χ3n) is 2.64. The number of halogens is 1. The fourth-order valence-corrected chi connectivity index (χ4v) is 1.89. The molecular formula is C13H18ClNO4. The lowest BCUT2D eigenvalue weighted by atomic mass is 10.1. The molecule has 5 nitrogen and oxygen atoms in total. The van der Waals surface area contributed by atoms with E-state index in [0.29, 0.717) is 16.3 Å². The Balaban J connectivity index is 2.86. The van der Waals surface area contributed by atoms with Crippen molar-refractivity contribution in [3.8, 4) is 5.75 Å². The smallest absolute Gasteiger partial charge is 0.255 e. The number of amides is 1. The third-order valence-corrected chi connectivity index (χ3v) is 2.87. The molecule has 1 aromatic carbocycles. The monoisotopic (exact) mass is 287 g/mol. The van der Waals surface area contributed by atoms with Gasteiger partial charge in [-0.25, -0.2) is 0 Å². The molecule has 1 unspecified atom stereocenters. The fourth-order valence-electron chi connectivity index (χ4n) is 1.71. The van der Waals surface area contributed by atoms with Crippen molar-refractivity contribution in [2.45, 2.75) is 19.3 Å². The molecule has 0 saturated carbocycles. The molecule has 1 rings (SSSR count). The summed E-state index contributed by atoms with van der Waals surface area (Å²) in [5.74, 6) is 0.159. The maximum Gasteiger partial charge on any atom is 0.255 e. The molecule has 0 heterocycles. The maximum absolute atomic E-state index is 12.2. The van der Waals surface area contributed by atoms with Gasteiger partial charge in [0.25, 0.3) is 5.91 Å². The normalized spacial score (nSPS) is 12.3. The summed E-state index contributed by atoms with van der Waals surface area (Å²) in [6.07, 6.45) is -0.519. The van der Waals surface area contributed by atoms with E-state index in [1.54, 1.807) is 25.1 Å².